The fourth-order valence-corrected chi connectivity index (χ4v) is 2.38. The Labute approximate surface area is 103 Å². The SMILES string of the molecule is CON(C)C(=O)c1sc(-n2cccc2)nc1C. The normalized spacial score (nSPS) is 10.5. The number of aryl methyl sites for hydroxylation is 1. The zero-order valence-corrected chi connectivity index (χ0v) is 10.7. The summed E-state index contributed by atoms with van der Waals surface area (Å²) in [6, 6.07) is 3.83. The van der Waals surface area contributed by atoms with Gasteiger partial charge in [-0.05, 0) is 19.1 Å². The molecular formula is C11H13N3O2S. The summed E-state index contributed by atoms with van der Waals surface area (Å²) in [6.45, 7) is 1.82. The number of aromatic nitrogens is 2. The molecule has 2 aromatic rings. The minimum Gasteiger partial charge on any atom is -0.300 e. The van der Waals surface area contributed by atoms with Crippen molar-refractivity contribution in [1.82, 2.24) is 14.6 Å². The molecule has 0 spiro atoms. The topological polar surface area (TPSA) is 47.4 Å². The molecule has 0 aliphatic heterocycles. The van der Waals surface area contributed by atoms with E-state index >= 15 is 0 Å². The summed E-state index contributed by atoms with van der Waals surface area (Å²) in [4.78, 5) is 21.8. The van der Waals surface area contributed by atoms with Crippen LogP contribution in [0.1, 0.15) is 15.4 Å². The number of carbonyl (C=O) groups excluding carboxylic acids is 1. The van der Waals surface area contributed by atoms with Crippen LogP contribution in [0.4, 0.5) is 0 Å². The van der Waals surface area contributed by atoms with Crippen molar-refractivity contribution in [3.63, 3.8) is 0 Å². The van der Waals surface area contributed by atoms with Crippen molar-refractivity contribution in [3.8, 4) is 5.13 Å². The van der Waals surface area contributed by atoms with Gasteiger partial charge < -0.3 is 4.57 Å². The van der Waals surface area contributed by atoms with Gasteiger partial charge >= 0.3 is 0 Å². The van der Waals surface area contributed by atoms with E-state index in [1.54, 1.807) is 7.05 Å². The number of hydrogen-bond donors (Lipinski definition) is 0. The molecule has 0 unspecified atom stereocenters. The van der Waals surface area contributed by atoms with Crippen LogP contribution in [0.5, 0.6) is 0 Å². The van der Waals surface area contributed by atoms with Crippen LogP contribution in [0, 0.1) is 6.92 Å². The molecule has 90 valence electrons. The van der Waals surface area contributed by atoms with E-state index in [1.807, 2.05) is 36.0 Å². The van der Waals surface area contributed by atoms with E-state index < -0.39 is 0 Å². The van der Waals surface area contributed by atoms with Crippen molar-refractivity contribution in [2.24, 2.45) is 0 Å². The van der Waals surface area contributed by atoms with Crippen LogP contribution >= 0.6 is 11.3 Å². The van der Waals surface area contributed by atoms with E-state index in [1.165, 1.54) is 23.5 Å². The van der Waals surface area contributed by atoms with Gasteiger partial charge in [-0.3, -0.25) is 9.63 Å². The van der Waals surface area contributed by atoms with Crippen LogP contribution in [-0.4, -0.2) is 34.7 Å². The highest BCUT2D eigenvalue weighted by molar-refractivity contribution is 7.16. The van der Waals surface area contributed by atoms with Crippen LogP contribution < -0.4 is 0 Å². The molecule has 0 radical (unpaired) electrons. The largest absolute Gasteiger partial charge is 0.300 e. The lowest BCUT2D eigenvalue weighted by atomic mass is 10.4. The van der Waals surface area contributed by atoms with Gasteiger partial charge in [-0.15, -0.1) is 0 Å². The summed E-state index contributed by atoms with van der Waals surface area (Å²) < 4.78 is 1.88. The fraction of sp³-hybridized carbons (Fsp3) is 0.273. The third kappa shape index (κ3) is 2.22. The van der Waals surface area contributed by atoms with Crippen LogP contribution in [0.2, 0.25) is 0 Å². The van der Waals surface area contributed by atoms with Crippen molar-refractivity contribution >= 4 is 17.2 Å². The Morgan fingerprint density at radius 3 is 2.71 bits per heavy atom. The highest BCUT2D eigenvalue weighted by atomic mass is 32.1. The predicted molar refractivity (Wildman–Crippen MR) is 65.3 cm³/mol. The number of carbonyl (C=O) groups is 1. The van der Waals surface area contributed by atoms with Gasteiger partial charge in [-0.1, -0.05) is 11.3 Å². The average Bonchev–Trinajstić information content (AvgIpc) is 2.95. The Morgan fingerprint density at radius 2 is 2.12 bits per heavy atom. The summed E-state index contributed by atoms with van der Waals surface area (Å²) in [5, 5.41) is 1.97. The van der Waals surface area contributed by atoms with Gasteiger partial charge in [0.15, 0.2) is 5.13 Å². The Kier molecular flexibility index (Phi) is 3.26. The van der Waals surface area contributed by atoms with Crippen LogP contribution in [0.15, 0.2) is 24.5 Å². The number of thiazole rings is 1. The Bertz CT molecular complexity index is 519. The van der Waals surface area contributed by atoms with E-state index in [0.29, 0.717) is 10.6 Å². The summed E-state index contributed by atoms with van der Waals surface area (Å²) in [5.74, 6) is -0.180. The number of nitrogens with zero attached hydrogens (tertiary/aromatic N) is 3. The molecular weight excluding hydrogens is 238 g/mol. The Balaban J connectivity index is 2.34. The number of amides is 1. The summed E-state index contributed by atoms with van der Waals surface area (Å²) >= 11 is 1.35. The van der Waals surface area contributed by atoms with Crippen molar-refractivity contribution in [2.75, 3.05) is 14.2 Å². The maximum Gasteiger partial charge on any atom is 0.289 e. The molecule has 0 N–H and O–H groups in total. The second kappa shape index (κ2) is 4.68. The summed E-state index contributed by atoms with van der Waals surface area (Å²) in [6.07, 6.45) is 3.79. The van der Waals surface area contributed by atoms with Gasteiger partial charge in [0.25, 0.3) is 5.91 Å². The molecule has 6 heteroatoms. The number of hydrogen-bond acceptors (Lipinski definition) is 4. The second-order valence-corrected chi connectivity index (χ2v) is 4.46. The van der Waals surface area contributed by atoms with Gasteiger partial charge in [0.2, 0.25) is 0 Å². The van der Waals surface area contributed by atoms with Crippen molar-refractivity contribution < 1.29 is 9.63 Å². The average molecular weight is 251 g/mol. The molecule has 0 saturated heterocycles. The Morgan fingerprint density at radius 1 is 1.47 bits per heavy atom. The standard InChI is InChI=1S/C11H13N3O2S/c1-8-9(10(15)13(2)16-3)17-11(12-8)14-6-4-5-7-14/h4-7H,1-3H3. The molecule has 5 nitrogen and oxygen atoms in total. The first-order valence-corrected chi connectivity index (χ1v) is 5.88. The monoisotopic (exact) mass is 251 g/mol. The maximum atomic E-state index is 11.9. The van der Waals surface area contributed by atoms with E-state index in [0.717, 1.165) is 5.13 Å². The van der Waals surface area contributed by atoms with E-state index in [4.69, 9.17) is 4.84 Å². The minimum atomic E-state index is -0.180. The van der Waals surface area contributed by atoms with Crippen molar-refractivity contribution in [2.45, 2.75) is 6.92 Å². The van der Waals surface area contributed by atoms with Gasteiger partial charge in [0, 0.05) is 19.4 Å². The lowest BCUT2D eigenvalue weighted by molar-refractivity contribution is -0.0754. The first kappa shape index (κ1) is 11.8. The van der Waals surface area contributed by atoms with Crippen LogP contribution in [0.3, 0.4) is 0 Å². The third-order valence-electron chi connectivity index (χ3n) is 2.36. The Hall–Kier alpha value is -1.66. The van der Waals surface area contributed by atoms with E-state index in [2.05, 4.69) is 4.98 Å². The number of hydroxylamine groups is 2. The number of rotatable bonds is 3. The zero-order valence-electron chi connectivity index (χ0n) is 9.88. The molecule has 0 saturated carbocycles. The van der Waals surface area contributed by atoms with Gasteiger partial charge in [-0.2, -0.15) is 0 Å². The summed E-state index contributed by atoms with van der Waals surface area (Å²) in [7, 11) is 3.04. The smallest absolute Gasteiger partial charge is 0.289 e. The highest BCUT2D eigenvalue weighted by Crippen LogP contribution is 2.22. The van der Waals surface area contributed by atoms with Crippen molar-refractivity contribution in [3.05, 3.63) is 35.1 Å². The lowest BCUT2D eigenvalue weighted by Crippen LogP contribution is -2.25. The molecule has 0 atom stereocenters. The summed E-state index contributed by atoms with van der Waals surface area (Å²) in [5.41, 5.74) is 0.715. The molecule has 2 rings (SSSR count). The third-order valence-corrected chi connectivity index (χ3v) is 3.52. The van der Waals surface area contributed by atoms with Gasteiger partial charge in [0.1, 0.15) is 4.88 Å². The molecule has 2 heterocycles. The van der Waals surface area contributed by atoms with E-state index in [9.17, 15) is 4.79 Å². The minimum absolute atomic E-state index is 0.180. The fourth-order valence-electron chi connectivity index (χ4n) is 1.38. The molecule has 0 aliphatic carbocycles. The molecule has 0 aromatic carbocycles. The molecule has 0 fully saturated rings. The zero-order chi connectivity index (χ0) is 12.4. The quantitative estimate of drug-likeness (QED) is 0.782. The van der Waals surface area contributed by atoms with Gasteiger partial charge in [0.05, 0.1) is 12.8 Å². The van der Waals surface area contributed by atoms with E-state index in [-0.39, 0.29) is 5.91 Å². The molecule has 0 bridgehead atoms. The van der Waals surface area contributed by atoms with Crippen LogP contribution in [-0.2, 0) is 4.84 Å². The first-order valence-electron chi connectivity index (χ1n) is 5.06. The molecule has 17 heavy (non-hydrogen) atoms. The van der Waals surface area contributed by atoms with Crippen molar-refractivity contribution in [1.29, 1.82) is 0 Å². The maximum absolute atomic E-state index is 11.9. The first-order chi connectivity index (χ1) is 8.13. The van der Waals surface area contributed by atoms with Gasteiger partial charge in [-0.25, -0.2) is 10.0 Å². The molecule has 1 amide bonds. The highest BCUT2D eigenvalue weighted by Gasteiger charge is 2.19. The molecule has 2 aromatic heterocycles. The predicted octanol–water partition coefficient (Wildman–Crippen LogP) is 1.88. The lowest BCUT2D eigenvalue weighted by Gasteiger charge is -2.11. The second-order valence-electron chi connectivity index (χ2n) is 3.49. The van der Waals surface area contributed by atoms with Crippen LogP contribution in [0.25, 0.3) is 5.13 Å². The molecule has 0 aliphatic rings.